The lowest BCUT2D eigenvalue weighted by Gasteiger charge is -2.40. The van der Waals surface area contributed by atoms with Gasteiger partial charge in [-0.05, 0) is 89.9 Å². The van der Waals surface area contributed by atoms with Gasteiger partial charge < -0.3 is 45.1 Å². The summed E-state index contributed by atoms with van der Waals surface area (Å²) >= 11 is 0. The lowest BCUT2D eigenvalue weighted by molar-refractivity contribution is -0.302. The largest absolute Gasteiger partial charge is 0.466 e. The highest BCUT2D eigenvalue weighted by Crippen LogP contribution is 2.23. The van der Waals surface area contributed by atoms with E-state index in [1.165, 1.54) is 231 Å². The zero-order chi connectivity index (χ0) is 60.9. The Morgan fingerprint density at radius 1 is 0.440 bits per heavy atom. The van der Waals surface area contributed by atoms with Crippen molar-refractivity contribution in [1.29, 1.82) is 0 Å². The van der Waals surface area contributed by atoms with E-state index in [0.717, 1.165) is 70.6 Å². The summed E-state index contributed by atoms with van der Waals surface area (Å²) in [6.45, 7) is 4.30. The van der Waals surface area contributed by atoms with Gasteiger partial charge in [0.2, 0.25) is 5.91 Å². The molecule has 7 unspecified atom stereocenters. The zero-order valence-corrected chi connectivity index (χ0v) is 54.4. The summed E-state index contributed by atoms with van der Waals surface area (Å²) in [7, 11) is 0. The Bertz CT molecular complexity index is 1580. The van der Waals surface area contributed by atoms with E-state index in [9.17, 15) is 35.1 Å². The lowest BCUT2D eigenvalue weighted by atomic mass is 9.99. The second-order valence-corrected chi connectivity index (χ2v) is 24.6. The molecule has 7 atom stereocenters. The molecule has 0 bridgehead atoms. The van der Waals surface area contributed by atoms with E-state index in [1.807, 2.05) is 6.08 Å². The minimum Gasteiger partial charge on any atom is -0.466 e. The van der Waals surface area contributed by atoms with Crippen LogP contribution in [0.25, 0.3) is 0 Å². The molecule has 1 rings (SSSR count). The van der Waals surface area contributed by atoms with Gasteiger partial charge in [-0.3, -0.25) is 9.59 Å². The number of allylic oxidation sites excluding steroid dienone is 9. The van der Waals surface area contributed by atoms with Gasteiger partial charge in [0.1, 0.15) is 24.4 Å². The monoisotopic (exact) mass is 1180 g/mol. The topological polar surface area (TPSA) is 175 Å². The molecule has 0 aromatic carbocycles. The molecule has 84 heavy (non-hydrogen) atoms. The average molecular weight is 1180 g/mol. The molecule has 11 nitrogen and oxygen atoms in total. The fraction of sp³-hybridized carbons (Fsp3) is 0.836. The fourth-order valence-corrected chi connectivity index (χ4v) is 11.0. The number of aliphatic hydroxyl groups excluding tert-OH is 5. The molecular weight excluding hydrogens is 1050 g/mol. The third-order valence-electron chi connectivity index (χ3n) is 16.6. The van der Waals surface area contributed by atoms with Crippen LogP contribution in [-0.4, -0.2) is 100 Å². The molecule has 11 heteroatoms. The number of amides is 1. The molecule has 0 aromatic heterocycles. The van der Waals surface area contributed by atoms with E-state index in [4.69, 9.17) is 14.2 Å². The van der Waals surface area contributed by atoms with Crippen molar-refractivity contribution in [3.8, 4) is 0 Å². The van der Waals surface area contributed by atoms with Crippen LogP contribution < -0.4 is 5.32 Å². The van der Waals surface area contributed by atoms with Crippen LogP contribution >= 0.6 is 0 Å². The molecule has 1 saturated heterocycles. The number of hydrogen-bond acceptors (Lipinski definition) is 10. The standard InChI is InChI=1S/C73H133NO10/c1-3-5-7-9-11-13-15-16-37-41-45-49-53-57-61-69(78)82-62-58-54-50-46-42-38-35-33-31-29-27-25-23-21-19-17-18-20-22-24-26-28-30-32-34-36-40-44-48-52-56-60-68(77)74-65(64-83-73-72(81)71(80)70(79)67(63-75)84-73)66(76)59-55-51-47-43-39-14-12-10-8-6-4-2/h9,11,15-16,19,21,25,27,55,59,65-67,70-73,75-76,79-81H,3-8,10,12-14,17-18,20,22-24,26,28-54,56-58,60-64H2,1-2H3,(H,74,77)/b11-9-,16-15-,21-19-,27-25-,59-55+. The van der Waals surface area contributed by atoms with E-state index in [0.29, 0.717) is 19.4 Å². The number of rotatable bonds is 62. The van der Waals surface area contributed by atoms with Crippen molar-refractivity contribution in [2.75, 3.05) is 19.8 Å². The van der Waals surface area contributed by atoms with Gasteiger partial charge in [0.05, 0.1) is 32.0 Å². The highest BCUT2D eigenvalue weighted by Gasteiger charge is 2.44. The highest BCUT2D eigenvalue weighted by molar-refractivity contribution is 5.76. The van der Waals surface area contributed by atoms with Crippen LogP contribution in [0.5, 0.6) is 0 Å². The average Bonchev–Trinajstić information content (AvgIpc) is 3.55. The van der Waals surface area contributed by atoms with Crippen molar-refractivity contribution >= 4 is 11.9 Å². The third kappa shape index (κ3) is 50.4. The van der Waals surface area contributed by atoms with E-state index in [2.05, 4.69) is 67.8 Å². The molecule has 0 aliphatic carbocycles. The molecule has 0 aromatic rings. The molecule has 1 heterocycles. The van der Waals surface area contributed by atoms with Crippen LogP contribution in [0.3, 0.4) is 0 Å². The number of carbonyl (C=O) groups is 2. The number of esters is 1. The van der Waals surface area contributed by atoms with Crippen molar-refractivity contribution < 1.29 is 49.3 Å². The van der Waals surface area contributed by atoms with Crippen LogP contribution in [0.2, 0.25) is 0 Å². The summed E-state index contributed by atoms with van der Waals surface area (Å²) in [5, 5.41) is 54.4. The van der Waals surface area contributed by atoms with Gasteiger partial charge in [-0.2, -0.15) is 0 Å². The molecule has 0 radical (unpaired) electrons. The van der Waals surface area contributed by atoms with Crippen molar-refractivity contribution in [3.63, 3.8) is 0 Å². The summed E-state index contributed by atoms with van der Waals surface area (Å²) in [5.41, 5.74) is 0. The predicted octanol–water partition coefficient (Wildman–Crippen LogP) is 18.1. The Morgan fingerprint density at radius 2 is 0.810 bits per heavy atom. The molecule has 0 saturated carbocycles. The Morgan fingerprint density at radius 3 is 1.24 bits per heavy atom. The molecule has 1 aliphatic rings. The zero-order valence-electron chi connectivity index (χ0n) is 54.4. The number of aliphatic hydroxyl groups is 5. The second-order valence-electron chi connectivity index (χ2n) is 24.6. The predicted molar refractivity (Wildman–Crippen MR) is 352 cm³/mol. The van der Waals surface area contributed by atoms with E-state index in [-0.39, 0.29) is 18.5 Å². The van der Waals surface area contributed by atoms with Gasteiger partial charge in [-0.15, -0.1) is 0 Å². The molecule has 0 spiro atoms. The molecule has 490 valence electrons. The van der Waals surface area contributed by atoms with Crippen LogP contribution in [0, 0.1) is 0 Å². The van der Waals surface area contributed by atoms with Gasteiger partial charge in [0, 0.05) is 12.8 Å². The Kier molecular flexibility index (Phi) is 58.6. The van der Waals surface area contributed by atoms with Crippen molar-refractivity contribution in [1.82, 2.24) is 5.32 Å². The van der Waals surface area contributed by atoms with Crippen molar-refractivity contribution in [3.05, 3.63) is 60.8 Å². The molecule has 1 amide bonds. The summed E-state index contributed by atoms with van der Waals surface area (Å²) in [4.78, 5) is 25.1. The van der Waals surface area contributed by atoms with Gasteiger partial charge in [0.15, 0.2) is 6.29 Å². The Hall–Kier alpha value is -2.64. The van der Waals surface area contributed by atoms with Gasteiger partial charge in [-0.1, -0.05) is 286 Å². The minimum absolute atomic E-state index is 0.00973. The molecule has 1 fully saturated rings. The van der Waals surface area contributed by atoms with Gasteiger partial charge in [0.25, 0.3) is 0 Å². The maximum Gasteiger partial charge on any atom is 0.305 e. The number of carbonyl (C=O) groups excluding carboxylic acids is 2. The first-order valence-corrected chi connectivity index (χ1v) is 35.6. The molecule has 1 aliphatic heterocycles. The SMILES string of the molecule is CCCC/C=C\C/C=C\CCCCCCCC(=O)OCCCCCCCCCCC/C=C\C/C=C\CCCCCCCCCCCCCCCCCC(=O)NC(COC1OC(CO)C(O)C(O)C1O)C(O)/C=C/CCCCCCCCCCC. The molecular formula is C73H133NO10. The van der Waals surface area contributed by atoms with Gasteiger partial charge in [-0.25, -0.2) is 0 Å². The van der Waals surface area contributed by atoms with Crippen LogP contribution in [0.4, 0.5) is 0 Å². The lowest BCUT2D eigenvalue weighted by Crippen LogP contribution is -2.60. The van der Waals surface area contributed by atoms with E-state index in [1.54, 1.807) is 6.08 Å². The Labute approximate surface area is 516 Å². The van der Waals surface area contributed by atoms with Gasteiger partial charge >= 0.3 is 5.97 Å². The van der Waals surface area contributed by atoms with E-state index >= 15 is 0 Å². The number of ether oxygens (including phenoxy) is 3. The summed E-state index contributed by atoms with van der Waals surface area (Å²) < 4.78 is 16.7. The maximum atomic E-state index is 13.0. The number of hydrogen-bond donors (Lipinski definition) is 6. The fourth-order valence-electron chi connectivity index (χ4n) is 11.0. The maximum absolute atomic E-state index is 13.0. The van der Waals surface area contributed by atoms with Crippen LogP contribution in [0.15, 0.2) is 60.8 Å². The Balaban J connectivity index is 1.95. The van der Waals surface area contributed by atoms with E-state index < -0.39 is 49.5 Å². The second kappa shape index (κ2) is 62.0. The first kappa shape index (κ1) is 79.4. The first-order chi connectivity index (χ1) is 41.2. The van der Waals surface area contributed by atoms with Crippen LogP contribution in [0.1, 0.15) is 328 Å². The smallest absolute Gasteiger partial charge is 0.305 e. The quantitative estimate of drug-likeness (QED) is 0.0195. The third-order valence-corrected chi connectivity index (χ3v) is 16.6. The van der Waals surface area contributed by atoms with Crippen molar-refractivity contribution in [2.24, 2.45) is 0 Å². The summed E-state index contributed by atoms with van der Waals surface area (Å²) in [5.74, 6) is -0.191. The normalized spacial score (nSPS) is 18.4. The highest BCUT2D eigenvalue weighted by atomic mass is 16.7. The van der Waals surface area contributed by atoms with Crippen LogP contribution in [-0.2, 0) is 23.8 Å². The summed E-state index contributed by atoms with van der Waals surface area (Å²) in [6.07, 6.45) is 72.1. The number of unbranched alkanes of at least 4 members (excludes halogenated alkanes) is 40. The summed E-state index contributed by atoms with van der Waals surface area (Å²) in [6, 6.07) is -0.810. The molecule has 6 N–H and O–H groups in total. The first-order valence-electron chi connectivity index (χ1n) is 35.6. The number of nitrogens with one attached hydrogen (secondary N) is 1. The van der Waals surface area contributed by atoms with Crippen molar-refractivity contribution in [2.45, 2.75) is 371 Å². The minimum atomic E-state index is -1.57.